The van der Waals surface area contributed by atoms with Crippen molar-refractivity contribution in [1.29, 1.82) is 0 Å². The second kappa shape index (κ2) is 12.6. The fraction of sp³-hybridized carbons (Fsp3) is 0.286. The van der Waals surface area contributed by atoms with E-state index in [9.17, 15) is 9.59 Å². The maximum Gasteiger partial charge on any atom is 0.300 e. The van der Waals surface area contributed by atoms with Crippen LogP contribution in [0.25, 0.3) is 0 Å². The molecule has 196 valence electrons. The van der Waals surface area contributed by atoms with Crippen LogP contribution in [0.1, 0.15) is 41.6 Å². The molecule has 1 aliphatic carbocycles. The zero-order valence-corrected chi connectivity index (χ0v) is 22.6. The zero-order chi connectivity index (χ0) is 27.1. The lowest BCUT2D eigenvalue weighted by Gasteiger charge is -2.30. The van der Waals surface area contributed by atoms with E-state index in [1.54, 1.807) is 18.3 Å². The lowest BCUT2D eigenvalue weighted by molar-refractivity contribution is -0.111. The van der Waals surface area contributed by atoms with Crippen molar-refractivity contribution in [1.82, 2.24) is 15.3 Å². The van der Waals surface area contributed by atoms with Crippen LogP contribution in [0.4, 0.5) is 17.5 Å². The predicted molar refractivity (Wildman–Crippen MR) is 152 cm³/mol. The molecule has 38 heavy (non-hydrogen) atoms. The molecule has 4 rings (SSSR count). The lowest BCUT2D eigenvalue weighted by atomic mass is 9.91. The van der Waals surface area contributed by atoms with Gasteiger partial charge in [-0.1, -0.05) is 47.3 Å². The molecule has 0 bridgehead atoms. The Morgan fingerprint density at radius 2 is 1.71 bits per heavy atom. The van der Waals surface area contributed by atoms with Gasteiger partial charge in [0.25, 0.3) is 5.91 Å². The van der Waals surface area contributed by atoms with E-state index in [2.05, 4.69) is 37.8 Å². The van der Waals surface area contributed by atoms with Gasteiger partial charge in [-0.05, 0) is 56.0 Å². The van der Waals surface area contributed by atoms with Crippen LogP contribution in [-0.2, 0) is 4.79 Å². The topological polar surface area (TPSA) is 99.3 Å². The van der Waals surface area contributed by atoms with Crippen molar-refractivity contribution in [3.05, 3.63) is 75.9 Å². The number of hydrogen-bond acceptors (Lipinski definition) is 6. The number of halogens is 2. The molecule has 1 saturated carbocycles. The van der Waals surface area contributed by atoms with E-state index in [-0.39, 0.29) is 34.3 Å². The Balaban J connectivity index is 1.38. The van der Waals surface area contributed by atoms with E-state index in [1.807, 2.05) is 43.3 Å². The first-order chi connectivity index (χ1) is 18.3. The second-order valence-electron chi connectivity index (χ2n) is 9.18. The summed E-state index contributed by atoms with van der Waals surface area (Å²) in [6.45, 7) is 0. The highest BCUT2D eigenvalue weighted by Gasteiger charge is 2.25. The first-order valence-electron chi connectivity index (χ1n) is 12.2. The first kappa shape index (κ1) is 27.2. The Morgan fingerprint density at radius 3 is 2.42 bits per heavy atom. The van der Waals surface area contributed by atoms with Crippen LogP contribution in [0.3, 0.4) is 0 Å². The Hall–Kier alpha value is -3.80. The number of nitrogens with one attached hydrogen (secondary N) is 3. The summed E-state index contributed by atoms with van der Waals surface area (Å²) in [6, 6.07) is 14.1. The monoisotopic (exact) mass is 550 g/mol. The summed E-state index contributed by atoms with van der Waals surface area (Å²) in [6.07, 6.45) is 4.96. The number of hydrogen-bond donors (Lipinski definition) is 3. The number of anilines is 3. The van der Waals surface area contributed by atoms with Crippen molar-refractivity contribution in [3.8, 4) is 11.8 Å². The number of rotatable bonds is 6. The molecule has 3 N–H and O–H groups in total. The quantitative estimate of drug-likeness (QED) is 0.374. The highest BCUT2D eigenvalue weighted by Crippen LogP contribution is 2.31. The molecule has 10 heteroatoms. The fourth-order valence-corrected chi connectivity index (χ4v) is 4.71. The van der Waals surface area contributed by atoms with Gasteiger partial charge in [-0.15, -0.1) is 0 Å². The van der Waals surface area contributed by atoms with Gasteiger partial charge in [-0.3, -0.25) is 9.59 Å². The highest BCUT2D eigenvalue weighted by molar-refractivity contribution is 6.38. The molecule has 3 aromatic rings. The summed E-state index contributed by atoms with van der Waals surface area (Å²) in [5.74, 6) is 5.79. The number of carbonyl (C=O) groups excluding carboxylic acids is 2. The molecule has 0 saturated heterocycles. The van der Waals surface area contributed by atoms with Gasteiger partial charge in [0.1, 0.15) is 5.82 Å². The van der Waals surface area contributed by atoms with Crippen LogP contribution in [0.15, 0.2) is 54.7 Å². The molecule has 2 amide bonds. The number of carbonyl (C=O) groups is 2. The van der Waals surface area contributed by atoms with Crippen molar-refractivity contribution in [2.24, 2.45) is 0 Å². The molecule has 0 radical (unpaired) electrons. The van der Waals surface area contributed by atoms with Crippen LogP contribution in [-0.4, -0.2) is 48.0 Å². The summed E-state index contributed by atoms with van der Waals surface area (Å²) >= 11 is 12.5. The number of benzene rings is 2. The fourth-order valence-electron chi connectivity index (χ4n) is 4.17. The van der Waals surface area contributed by atoms with Gasteiger partial charge in [0.15, 0.2) is 0 Å². The van der Waals surface area contributed by atoms with E-state index in [0.717, 1.165) is 31.5 Å². The molecule has 1 aliphatic rings. The molecular weight excluding hydrogens is 523 g/mol. The molecule has 2 aromatic carbocycles. The minimum atomic E-state index is -0.584. The Kier molecular flexibility index (Phi) is 9.06. The molecule has 0 atom stereocenters. The Labute approximate surface area is 232 Å². The first-order valence-corrected chi connectivity index (χ1v) is 13.0. The molecular formula is C28H28Cl2N6O2. The van der Waals surface area contributed by atoms with Crippen LogP contribution in [0.2, 0.25) is 10.0 Å². The van der Waals surface area contributed by atoms with Gasteiger partial charge < -0.3 is 20.9 Å². The number of nitrogens with zero attached hydrogens (tertiary/aromatic N) is 3. The Bertz CT molecular complexity index is 1360. The molecule has 0 unspecified atom stereocenters. The average Bonchev–Trinajstić information content (AvgIpc) is 2.90. The number of aromatic nitrogens is 2. The maximum atomic E-state index is 13.2. The molecule has 1 heterocycles. The summed E-state index contributed by atoms with van der Waals surface area (Å²) in [5.41, 5.74) is 1.06. The summed E-state index contributed by atoms with van der Waals surface area (Å²) in [7, 11) is 3.87. The van der Waals surface area contributed by atoms with Gasteiger partial charge in [-0.25, -0.2) is 4.98 Å². The van der Waals surface area contributed by atoms with E-state index in [1.165, 1.54) is 12.1 Å². The third-order valence-electron chi connectivity index (χ3n) is 6.13. The van der Waals surface area contributed by atoms with Crippen LogP contribution in [0, 0.1) is 11.8 Å². The second-order valence-corrected chi connectivity index (χ2v) is 10.0. The minimum Gasteiger partial charge on any atom is -0.363 e. The van der Waals surface area contributed by atoms with Crippen molar-refractivity contribution >= 4 is 52.5 Å². The van der Waals surface area contributed by atoms with Crippen molar-refractivity contribution in [3.63, 3.8) is 0 Å². The largest absolute Gasteiger partial charge is 0.363 e. The lowest BCUT2D eigenvalue weighted by Crippen LogP contribution is -2.40. The van der Waals surface area contributed by atoms with E-state index in [4.69, 9.17) is 23.2 Å². The molecule has 1 fully saturated rings. The third kappa shape index (κ3) is 7.37. The van der Waals surface area contributed by atoms with Crippen LogP contribution >= 0.6 is 23.2 Å². The normalized spacial score (nSPS) is 16.5. The predicted octanol–water partition coefficient (Wildman–Crippen LogP) is 4.99. The standard InChI is InChI=1S/C28H28Cl2N6O2/c1-36(2)24-14-15-31-28(34-24)33-21-11-9-20(10-12-21)32-27(38)22-16-19(29)17-23(30)26(22)35-25(37)13-8-18-6-4-3-5-7-18/h3-7,14-17,20-21H,9-12H2,1-2H3,(H,32,38)(H,35,37)(H,31,33,34)/t20-,21+. The highest BCUT2D eigenvalue weighted by atomic mass is 35.5. The minimum absolute atomic E-state index is 0.0336. The molecule has 0 aliphatic heterocycles. The summed E-state index contributed by atoms with van der Waals surface area (Å²) in [5, 5.41) is 9.56. The smallest absolute Gasteiger partial charge is 0.300 e. The van der Waals surface area contributed by atoms with E-state index >= 15 is 0 Å². The third-order valence-corrected chi connectivity index (χ3v) is 6.64. The van der Waals surface area contributed by atoms with Gasteiger partial charge in [0, 0.05) is 48.9 Å². The summed E-state index contributed by atoms with van der Waals surface area (Å²) in [4.78, 5) is 36.5. The van der Waals surface area contributed by atoms with Crippen LogP contribution in [0.5, 0.6) is 0 Å². The summed E-state index contributed by atoms with van der Waals surface area (Å²) < 4.78 is 0. The van der Waals surface area contributed by atoms with Crippen molar-refractivity contribution in [2.45, 2.75) is 37.8 Å². The van der Waals surface area contributed by atoms with Crippen molar-refractivity contribution in [2.75, 3.05) is 29.6 Å². The average molecular weight is 551 g/mol. The van der Waals surface area contributed by atoms with Gasteiger partial charge in [0.2, 0.25) is 5.95 Å². The maximum absolute atomic E-state index is 13.2. The Morgan fingerprint density at radius 1 is 1.00 bits per heavy atom. The van der Waals surface area contributed by atoms with E-state index < -0.39 is 5.91 Å². The van der Waals surface area contributed by atoms with Crippen LogP contribution < -0.4 is 20.9 Å². The number of amides is 2. The van der Waals surface area contributed by atoms with Gasteiger partial charge in [0.05, 0.1) is 16.3 Å². The zero-order valence-electron chi connectivity index (χ0n) is 21.1. The molecule has 1 aromatic heterocycles. The molecule has 0 spiro atoms. The SMILES string of the molecule is CN(C)c1ccnc(N[C@H]2CC[C@@H](NC(=O)c3cc(Cl)cc(Cl)c3NC(=O)C#Cc3ccccc3)CC2)n1. The van der Waals surface area contributed by atoms with Gasteiger partial charge >= 0.3 is 5.91 Å². The van der Waals surface area contributed by atoms with Crippen molar-refractivity contribution < 1.29 is 9.59 Å². The molecule has 8 nitrogen and oxygen atoms in total. The van der Waals surface area contributed by atoms with E-state index in [0.29, 0.717) is 16.5 Å². The van der Waals surface area contributed by atoms with Gasteiger partial charge in [-0.2, -0.15) is 4.98 Å².